The molecule has 5 heteroatoms. The maximum atomic E-state index is 9.14. The Balaban J connectivity index is 1.76. The molecule has 4 rings (SSSR count). The Morgan fingerprint density at radius 1 is 1.00 bits per heavy atom. The number of hydrogen-bond acceptors (Lipinski definition) is 5. The second kappa shape index (κ2) is 8.77. The van der Waals surface area contributed by atoms with Crippen LogP contribution in [0.25, 0.3) is 21.3 Å². The maximum Gasteiger partial charge on any atom is 0.128 e. The van der Waals surface area contributed by atoms with Crippen LogP contribution in [-0.4, -0.2) is 9.97 Å². The van der Waals surface area contributed by atoms with Gasteiger partial charge in [-0.05, 0) is 41.7 Å². The van der Waals surface area contributed by atoms with E-state index in [0.717, 1.165) is 39.4 Å². The second-order valence-electron chi connectivity index (χ2n) is 6.76. The summed E-state index contributed by atoms with van der Waals surface area (Å²) in [5.41, 5.74) is 5.66. The highest BCUT2D eigenvalue weighted by Crippen LogP contribution is 2.42. The van der Waals surface area contributed by atoms with Crippen molar-refractivity contribution in [1.82, 2.24) is 9.97 Å². The van der Waals surface area contributed by atoms with Gasteiger partial charge in [-0.2, -0.15) is 5.26 Å². The summed E-state index contributed by atoms with van der Waals surface area (Å²) in [6.45, 7) is 4.37. The van der Waals surface area contributed by atoms with Gasteiger partial charge in [0.15, 0.2) is 0 Å². The Morgan fingerprint density at radius 2 is 1.83 bits per heavy atom. The molecule has 0 bridgehead atoms. The monoisotopic (exact) mass is 415 g/mol. The second-order valence-corrected chi connectivity index (χ2v) is 8.81. The highest BCUT2D eigenvalue weighted by Gasteiger charge is 2.18. The molecule has 2 heterocycles. The number of aryl methyl sites for hydroxylation is 2. The molecule has 0 radical (unpaired) electrons. The maximum absolute atomic E-state index is 9.14. The number of benzene rings is 2. The third-order valence-corrected chi connectivity index (χ3v) is 7.23. The van der Waals surface area contributed by atoms with Crippen molar-refractivity contribution in [3.63, 3.8) is 0 Å². The predicted octanol–water partition coefficient (Wildman–Crippen LogP) is 6.65. The van der Waals surface area contributed by atoms with Crippen molar-refractivity contribution in [2.24, 2.45) is 0 Å². The molecule has 144 valence electrons. The molecule has 0 aliphatic rings. The van der Waals surface area contributed by atoms with Gasteiger partial charge in [-0.25, -0.2) is 9.97 Å². The molecule has 0 amide bonds. The fourth-order valence-corrected chi connectivity index (χ4v) is 5.52. The number of hydrogen-bond donors (Lipinski definition) is 0. The van der Waals surface area contributed by atoms with Crippen LogP contribution in [-0.2, 0) is 18.6 Å². The van der Waals surface area contributed by atoms with Crippen LogP contribution in [0.2, 0.25) is 0 Å². The lowest BCUT2D eigenvalue weighted by molar-refractivity contribution is 1.10. The van der Waals surface area contributed by atoms with Crippen LogP contribution in [0, 0.1) is 11.3 Å². The minimum Gasteiger partial charge on any atom is -0.229 e. The first-order chi connectivity index (χ1) is 14.2. The first-order valence-corrected chi connectivity index (χ1v) is 11.5. The third-order valence-electron chi connectivity index (χ3n) is 4.93. The van der Waals surface area contributed by atoms with Gasteiger partial charge < -0.3 is 0 Å². The number of thiophene rings is 1. The zero-order chi connectivity index (χ0) is 20.2. The van der Waals surface area contributed by atoms with E-state index in [1.807, 2.05) is 18.2 Å². The van der Waals surface area contributed by atoms with Crippen LogP contribution in [0.15, 0.2) is 59.9 Å². The van der Waals surface area contributed by atoms with Crippen LogP contribution in [0.3, 0.4) is 0 Å². The fraction of sp³-hybridized carbons (Fsp3) is 0.208. The van der Waals surface area contributed by atoms with Gasteiger partial charge in [0.2, 0.25) is 0 Å². The molecule has 0 N–H and O–H groups in total. The lowest BCUT2D eigenvalue weighted by Crippen LogP contribution is -1.89. The molecule has 0 atom stereocenters. The molecule has 0 aliphatic carbocycles. The average Bonchev–Trinajstić information content (AvgIpc) is 3.17. The molecular formula is C24H21N3S2. The van der Waals surface area contributed by atoms with Gasteiger partial charge in [0.25, 0.3) is 0 Å². The summed E-state index contributed by atoms with van der Waals surface area (Å²) in [7, 11) is 0. The van der Waals surface area contributed by atoms with Gasteiger partial charge in [-0.1, -0.05) is 50.2 Å². The molecule has 0 unspecified atom stereocenters. The number of rotatable bonds is 6. The summed E-state index contributed by atoms with van der Waals surface area (Å²) < 4.78 is 0. The van der Waals surface area contributed by atoms with Gasteiger partial charge >= 0.3 is 0 Å². The first kappa shape index (κ1) is 19.6. The number of fused-ring (bicyclic) bond motifs is 1. The van der Waals surface area contributed by atoms with Gasteiger partial charge in [0, 0.05) is 16.2 Å². The Kier molecular flexibility index (Phi) is 5.94. The first-order valence-electron chi connectivity index (χ1n) is 9.71. The Bertz CT molecular complexity index is 1190. The van der Waals surface area contributed by atoms with Gasteiger partial charge in [0.05, 0.1) is 17.0 Å². The van der Waals surface area contributed by atoms with Crippen LogP contribution in [0.5, 0.6) is 0 Å². The fourth-order valence-electron chi connectivity index (χ4n) is 3.41. The largest absolute Gasteiger partial charge is 0.229 e. The van der Waals surface area contributed by atoms with Gasteiger partial charge in [-0.3, -0.25) is 0 Å². The Morgan fingerprint density at radius 3 is 2.55 bits per heavy atom. The minimum absolute atomic E-state index is 0.691. The molecule has 0 saturated heterocycles. The summed E-state index contributed by atoms with van der Waals surface area (Å²) in [5.74, 6) is 0.771. The lowest BCUT2D eigenvalue weighted by atomic mass is 10.0. The Labute approximate surface area is 179 Å². The van der Waals surface area contributed by atoms with Crippen LogP contribution >= 0.6 is 23.1 Å². The molecule has 4 aromatic rings. The van der Waals surface area contributed by atoms with E-state index < -0.39 is 0 Å². The molecule has 0 fully saturated rings. The van der Waals surface area contributed by atoms with E-state index in [-0.39, 0.29) is 0 Å². The van der Waals surface area contributed by atoms with Crippen molar-refractivity contribution < 1.29 is 0 Å². The normalized spacial score (nSPS) is 10.9. The molecule has 0 aliphatic heterocycles. The summed E-state index contributed by atoms with van der Waals surface area (Å²) >= 11 is 3.47. The van der Waals surface area contributed by atoms with E-state index in [1.165, 1.54) is 21.6 Å². The molecule has 0 spiro atoms. The van der Waals surface area contributed by atoms with Crippen LogP contribution < -0.4 is 0 Å². The van der Waals surface area contributed by atoms with Crippen molar-refractivity contribution in [3.05, 3.63) is 76.4 Å². The Hall–Kier alpha value is -2.68. The summed E-state index contributed by atoms with van der Waals surface area (Å²) in [5, 5.41) is 11.3. The van der Waals surface area contributed by atoms with Crippen molar-refractivity contribution in [2.45, 2.75) is 37.5 Å². The van der Waals surface area contributed by atoms with Crippen molar-refractivity contribution in [3.8, 4) is 17.2 Å². The van der Waals surface area contributed by atoms with E-state index in [9.17, 15) is 0 Å². The standard InChI is InChI=1S/C24H21N3S2/c1-3-16-8-10-19(11-9-16)21-20(4-2)29-24-22(21)23(26-15-27-24)28-14-18-7-5-6-17(12-18)13-25/h5-12,15H,3-4,14H2,1-2H3. The smallest absolute Gasteiger partial charge is 0.128 e. The zero-order valence-electron chi connectivity index (χ0n) is 16.5. The van der Waals surface area contributed by atoms with E-state index >= 15 is 0 Å². The third kappa shape index (κ3) is 4.05. The summed E-state index contributed by atoms with van der Waals surface area (Å²) in [6.07, 6.45) is 3.67. The van der Waals surface area contributed by atoms with Crippen molar-refractivity contribution >= 4 is 33.3 Å². The van der Waals surface area contributed by atoms with Crippen molar-refractivity contribution in [1.29, 1.82) is 5.26 Å². The molecule has 3 nitrogen and oxygen atoms in total. The topological polar surface area (TPSA) is 49.6 Å². The summed E-state index contributed by atoms with van der Waals surface area (Å²) in [6, 6.07) is 18.8. The predicted molar refractivity (Wildman–Crippen MR) is 122 cm³/mol. The SMILES string of the molecule is CCc1ccc(-c2c(CC)sc3ncnc(SCc4cccc(C#N)c4)c23)cc1. The number of aromatic nitrogens is 2. The number of nitriles is 1. The molecule has 2 aromatic carbocycles. The molecule has 2 aromatic heterocycles. The summed E-state index contributed by atoms with van der Waals surface area (Å²) in [4.78, 5) is 11.6. The molecular weight excluding hydrogens is 394 g/mol. The van der Waals surface area contributed by atoms with E-state index in [2.05, 4.69) is 60.2 Å². The number of thioether (sulfide) groups is 1. The van der Waals surface area contributed by atoms with Gasteiger partial charge in [0.1, 0.15) is 16.2 Å². The number of nitrogens with zero attached hydrogens (tertiary/aromatic N) is 3. The highest BCUT2D eigenvalue weighted by molar-refractivity contribution is 7.98. The van der Waals surface area contributed by atoms with Crippen molar-refractivity contribution in [2.75, 3.05) is 0 Å². The highest BCUT2D eigenvalue weighted by atomic mass is 32.2. The van der Waals surface area contributed by atoms with E-state index in [1.54, 1.807) is 29.4 Å². The van der Waals surface area contributed by atoms with Gasteiger partial charge in [-0.15, -0.1) is 23.1 Å². The molecule has 29 heavy (non-hydrogen) atoms. The van der Waals surface area contributed by atoms with Crippen LogP contribution in [0.4, 0.5) is 0 Å². The zero-order valence-corrected chi connectivity index (χ0v) is 18.1. The quantitative estimate of drug-likeness (QED) is 0.261. The molecule has 0 saturated carbocycles. The lowest BCUT2D eigenvalue weighted by Gasteiger charge is -2.08. The minimum atomic E-state index is 0.691. The average molecular weight is 416 g/mol. The van der Waals surface area contributed by atoms with Crippen LogP contribution in [0.1, 0.15) is 35.4 Å². The van der Waals surface area contributed by atoms with E-state index in [0.29, 0.717) is 5.56 Å². The van der Waals surface area contributed by atoms with E-state index in [4.69, 9.17) is 5.26 Å².